The summed E-state index contributed by atoms with van der Waals surface area (Å²) in [5, 5.41) is 9.28. The number of anilines is 1. The van der Waals surface area contributed by atoms with Crippen LogP contribution in [0.25, 0.3) is 16.8 Å². The molecule has 0 atom stereocenters. The zero-order valence-corrected chi connectivity index (χ0v) is 24.0. The largest absolute Gasteiger partial charge is 0.497 e. The molecule has 6 rings (SSSR count). The van der Waals surface area contributed by atoms with Crippen LogP contribution in [0.2, 0.25) is 5.02 Å². The van der Waals surface area contributed by atoms with Gasteiger partial charge in [-0.3, -0.25) is 4.79 Å². The summed E-state index contributed by atoms with van der Waals surface area (Å²) in [6.07, 6.45) is 3.80. The van der Waals surface area contributed by atoms with Gasteiger partial charge in [-0.05, 0) is 85.8 Å². The van der Waals surface area contributed by atoms with Crippen LogP contribution in [0.5, 0.6) is 5.75 Å². The Balaban J connectivity index is 1.49. The number of rotatable bonds is 7. The van der Waals surface area contributed by atoms with E-state index in [4.69, 9.17) is 33.7 Å². The number of hydrogen-bond acceptors (Lipinski definition) is 4. The molecule has 1 N–H and O–H groups in total. The normalized spacial score (nSPS) is 12.8. The fraction of sp³-hybridized carbons (Fsp3) is 0.219. The Morgan fingerprint density at radius 1 is 1.02 bits per heavy atom. The Kier molecular flexibility index (Phi) is 7.17. The molecule has 40 heavy (non-hydrogen) atoms. The lowest BCUT2D eigenvalue weighted by Crippen LogP contribution is -2.15. The number of carbonyl (C=O) groups is 1. The second-order valence-electron chi connectivity index (χ2n) is 10.1. The molecular weight excluding hydrogens is 540 g/mol. The Labute approximate surface area is 243 Å². The molecule has 0 unspecified atom stereocenters. The summed E-state index contributed by atoms with van der Waals surface area (Å²) in [4.78, 5) is 12.3. The first-order valence-corrected chi connectivity index (χ1v) is 14.2. The molecule has 0 bridgehead atoms. The third-order valence-corrected chi connectivity index (χ3v) is 8.03. The lowest BCUT2D eigenvalue weighted by Gasteiger charge is -2.12. The molecule has 1 aliphatic rings. The highest BCUT2D eigenvalue weighted by Gasteiger charge is 2.29. The van der Waals surface area contributed by atoms with Crippen molar-refractivity contribution >= 4 is 45.9 Å². The van der Waals surface area contributed by atoms with Gasteiger partial charge in [0.05, 0.1) is 7.11 Å². The zero-order valence-electron chi connectivity index (χ0n) is 22.4. The monoisotopic (exact) mass is 568 g/mol. The molecule has 3 heterocycles. The van der Waals surface area contributed by atoms with Gasteiger partial charge in [0.25, 0.3) is 0 Å². The minimum Gasteiger partial charge on any atom is -0.497 e. The smallest absolute Gasteiger partial charge is 0.159 e. The van der Waals surface area contributed by atoms with Gasteiger partial charge in [0.2, 0.25) is 0 Å². The third kappa shape index (κ3) is 4.91. The second kappa shape index (κ2) is 10.9. The SMILES string of the molecule is COc1ccc(Cc2nn3c(C(=S)Nc4ccc(C(C)=O)cc4)c(-c4ccc(Cl)cc4)c4c3n2CCCC4)cc1. The number of nitrogens with zero attached hydrogens (tertiary/aromatic N) is 3. The molecule has 0 radical (unpaired) electrons. The number of thiocarbonyl (C=S) groups is 1. The topological polar surface area (TPSA) is 60.6 Å². The number of Topliss-reactive ketones (excluding diaryl/α,β-unsaturated/α-hetero) is 1. The maximum absolute atomic E-state index is 11.8. The summed E-state index contributed by atoms with van der Waals surface area (Å²) in [6.45, 7) is 2.46. The zero-order chi connectivity index (χ0) is 27.8. The number of hydrogen-bond donors (Lipinski definition) is 1. The number of aryl methyl sites for hydroxylation is 2. The van der Waals surface area contributed by atoms with E-state index in [1.807, 2.05) is 53.0 Å². The molecule has 3 aromatic carbocycles. The highest BCUT2D eigenvalue weighted by molar-refractivity contribution is 7.81. The summed E-state index contributed by atoms with van der Waals surface area (Å²) in [6, 6.07) is 23.5. The second-order valence-corrected chi connectivity index (χ2v) is 10.9. The van der Waals surface area contributed by atoms with Crippen LogP contribution in [-0.2, 0) is 19.4 Å². The molecule has 0 aliphatic carbocycles. The average molecular weight is 569 g/mol. The minimum atomic E-state index is 0.0291. The van der Waals surface area contributed by atoms with E-state index in [1.165, 1.54) is 11.1 Å². The Morgan fingerprint density at radius 3 is 2.42 bits per heavy atom. The number of aromatic nitrogens is 3. The van der Waals surface area contributed by atoms with E-state index in [1.54, 1.807) is 14.0 Å². The molecule has 8 heteroatoms. The highest BCUT2D eigenvalue weighted by atomic mass is 35.5. The molecule has 0 saturated carbocycles. The van der Waals surface area contributed by atoms with Crippen LogP contribution in [0.1, 0.15) is 52.8 Å². The molecule has 6 nitrogen and oxygen atoms in total. The summed E-state index contributed by atoms with van der Waals surface area (Å²) in [7, 11) is 1.68. The van der Waals surface area contributed by atoms with Crippen LogP contribution >= 0.6 is 23.8 Å². The lowest BCUT2D eigenvalue weighted by atomic mass is 9.98. The van der Waals surface area contributed by atoms with Gasteiger partial charge in [-0.2, -0.15) is 5.10 Å². The van der Waals surface area contributed by atoms with Crippen LogP contribution in [0, 0.1) is 0 Å². The molecule has 202 valence electrons. The van der Waals surface area contributed by atoms with Crippen LogP contribution in [0.4, 0.5) is 5.69 Å². The maximum Gasteiger partial charge on any atom is 0.159 e. The predicted octanol–water partition coefficient (Wildman–Crippen LogP) is 7.38. The molecule has 0 amide bonds. The molecule has 0 fully saturated rings. The lowest BCUT2D eigenvalue weighted by molar-refractivity contribution is 0.101. The highest BCUT2D eigenvalue weighted by Crippen LogP contribution is 2.38. The van der Waals surface area contributed by atoms with Gasteiger partial charge in [-0.1, -0.05) is 48.1 Å². The number of benzene rings is 3. The first-order valence-electron chi connectivity index (χ1n) is 13.4. The number of nitrogens with one attached hydrogen (secondary N) is 1. The van der Waals surface area contributed by atoms with E-state index in [9.17, 15) is 4.79 Å². The van der Waals surface area contributed by atoms with Crippen molar-refractivity contribution in [3.05, 3.63) is 106 Å². The first-order chi connectivity index (χ1) is 19.4. The van der Waals surface area contributed by atoms with Crippen molar-refractivity contribution in [1.29, 1.82) is 0 Å². The Morgan fingerprint density at radius 2 is 1.75 bits per heavy atom. The summed E-state index contributed by atoms with van der Waals surface area (Å²) in [5.74, 6) is 1.87. The quantitative estimate of drug-likeness (QED) is 0.164. The van der Waals surface area contributed by atoms with Gasteiger partial charge in [-0.15, -0.1) is 0 Å². The van der Waals surface area contributed by atoms with Crippen molar-refractivity contribution in [2.24, 2.45) is 0 Å². The van der Waals surface area contributed by atoms with Crippen LogP contribution in [0.15, 0.2) is 72.8 Å². The first kappa shape index (κ1) is 26.3. The van der Waals surface area contributed by atoms with Crippen molar-refractivity contribution in [1.82, 2.24) is 14.2 Å². The maximum atomic E-state index is 11.8. The molecule has 1 aliphatic heterocycles. The number of methoxy groups -OCH3 is 1. The van der Waals surface area contributed by atoms with E-state index in [0.29, 0.717) is 22.0 Å². The van der Waals surface area contributed by atoms with Gasteiger partial charge < -0.3 is 14.6 Å². The molecular formula is C32H29ClN4O2S. The fourth-order valence-electron chi connectivity index (χ4n) is 5.48. The number of halogens is 1. The number of carbonyl (C=O) groups excluding carboxylic acids is 1. The molecule has 0 spiro atoms. The van der Waals surface area contributed by atoms with Crippen molar-refractivity contribution in [3.63, 3.8) is 0 Å². The Hall–Kier alpha value is -3.94. The van der Waals surface area contributed by atoms with Crippen molar-refractivity contribution < 1.29 is 9.53 Å². The molecule has 2 aromatic heterocycles. The average Bonchev–Trinajstić information content (AvgIpc) is 3.35. The van der Waals surface area contributed by atoms with E-state index in [-0.39, 0.29) is 5.78 Å². The van der Waals surface area contributed by atoms with Crippen LogP contribution in [-0.4, -0.2) is 32.1 Å². The van der Waals surface area contributed by atoms with Gasteiger partial charge in [-0.25, -0.2) is 4.52 Å². The van der Waals surface area contributed by atoms with E-state index < -0.39 is 0 Å². The van der Waals surface area contributed by atoms with Crippen LogP contribution < -0.4 is 10.1 Å². The fourth-order valence-corrected chi connectivity index (χ4v) is 5.91. The molecule has 5 aromatic rings. The van der Waals surface area contributed by atoms with Crippen molar-refractivity contribution in [2.75, 3.05) is 12.4 Å². The summed E-state index contributed by atoms with van der Waals surface area (Å²) >= 11 is 12.3. The number of ether oxygens (including phenoxy) is 1. The third-order valence-electron chi connectivity index (χ3n) is 7.48. The van der Waals surface area contributed by atoms with Gasteiger partial charge in [0.15, 0.2) is 5.78 Å². The van der Waals surface area contributed by atoms with Gasteiger partial charge >= 0.3 is 0 Å². The molecule has 0 saturated heterocycles. The van der Waals surface area contributed by atoms with Crippen molar-refractivity contribution in [3.8, 4) is 16.9 Å². The van der Waals surface area contributed by atoms with Gasteiger partial charge in [0, 0.05) is 40.4 Å². The predicted molar refractivity (Wildman–Crippen MR) is 164 cm³/mol. The van der Waals surface area contributed by atoms with E-state index in [2.05, 4.69) is 34.1 Å². The summed E-state index contributed by atoms with van der Waals surface area (Å²) < 4.78 is 9.73. The van der Waals surface area contributed by atoms with E-state index in [0.717, 1.165) is 65.5 Å². The van der Waals surface area contributed by atoms with Gasteiger partial charge in [0.1, 0.15) is 27.9 Å². The van der Waals surface area contributed by atoms with Crippen LogP contribution in [0.3, 0.4) is 0 Å². The van der Waals surface area contributed by atoms with E-state index >= 15 is 0 Å². The number of ketones is 1. The summed E-state index contributed by atoms with van der Waals surface area (Å²) in [5.41, 5.74) is 7.99. The standard InChI is InChI=1S/C32H29ClN4O2S/c1-20(38)22-10-14-25(15-11-22)34-31(40)30-29(23-8-12-24(33)13-9-23)27-5-3-4-18-36-28(35-37(30)32(27)36)19-21-6-16-26(39-2)17-7-21/h6-17H,3-5,18-19H2,1-2H3,(H,34,40). The Bertz CT molecular complexity index is 1720. The minimum absolute atomic E-state index is 0.0291. The van der Waals surface area contributed by atoms with Crippen molar-refractivity contribution in [2.45, 2.75) is 39.2 Å².